The second-order valence-electron chi connectivity index (χ2n) is 4.57. The number of carbonyl (C=O) groups excluding carboxylic acids is 1. The van der Waals surface area contributed by atoms with Crippen LogP contribution in [0.4, 0.5) is 5.69 Å². The van der Waals surface area contributed by atoms with Gasteiger partial charge in [-0.2, -0.15) is 4.80 Å². The Balaban J connectivity index is 1.66. The molecule has 1 aromatic heterocycles. The smallest absolute Gasteiger partial charge is 0.248 e. The molecule has 0 bridgehead atoms. The molecule has 0 saturated heterocycles. The van der Waals surface area contributed by atoms with Crippen molar-refractivity contribution in [1.82, 2.24) is 20.2 Å². The van der Waals surface area contributed by atoms with Gasteiger partial charge in [-0.3, -0.25) is 4.79 Å². The maximum atomic E-state index is 12.0. The van der Waals surface area contributed by atoms with Crippen molar-refractivity contribution >= 4 is 23.2 Å². The summed E-state index contributed by atoms with van der Waals surface area (Å²) in [7, 11) is 0. The molecule has 22 heavy (non-hydrogen) atoms. The molecule has 110 valence electrons. The van der Waals surface area contributed by atoms with Crippen LogP contribution in [0.15, 0.2) is 54.6 Å². The summed E-state index contributed by atoms with van der Waals surface area (Å²) in [6.45, 7) is -0.0215. The molecular weight excluding hydrogens is 302 g/mol. The molecule has 3 rings (SSSR count). The van der Waals surface area contributed by atoms with E-state index < -0.39 is 0 Å². The number of rotatable bonds is 4. The predicted octanol–water partition coefficient (Wildman–Crippen LogP) is 2.63. The Morgan fingerprint density at radius 3 is 2.73 bits per heavy atom. The molecule has 3 aromatic rings. The van der Waals surface area contributed by atoms with E-state index in [-0.39, 0.29) is 12.5 Å². The molecule has 0 aliphatic carbocycles. The average Bonchev–Trinajstić information content (AvgIpc) is 2.96. The zero-order chi connectivity index (χ0) is 15.4. The third-order valence-electron chi connectivity index (χ3n) is 2.88. The first-order valence-electron chi connectivity index (χ1n) is 6.59. The van der Waals surface area contributed by atoms with E-state index in [0.29, 0.717) is 16.5 Å². The lowest BCUT2D eigenvalue weighted by Crippen LogP contribution is -2.20. The van der Waals surface area contributed by atoms with Gasteiger partial charge in [0.15, 0.2) is 0 Å². The van der Waals surface area contributed by atoms with E-state index in [1.165, 1.54) is 4.80 Å². The summed E-state index contributed by atoms with van der Waals surface area (Å²) < 4.78 is 0. The largest absolute Gasteiger partial charge is 0.324 e. The Morgan fingerprint density at radius 2 is 1.95 bits per heavy atom. The van der Waals surface area contributed by atoms with Crippen molar-refractivity contribution in [1.29, 1.82) is 0 Å². The number of anilines is 1. The van der Waals surface area contributed by atoms with E-state index in [9.17, 15) is 4.79 Å². The molecule has 1 amide bonds. The van der Waals surface area contributed by atoms with Crippen molar-refractivity contribution in [3.63, 3.8) is 0 Å². The maximum absolute atomic E-state index is 12.0. The Labute approximate surface area is 131 Å². The summed E-state index contributed by atoms with van der Waals surface area (Å²) in [6, 6.07) is 16.4. The molecule has 0 spiro atoms. The van der Waals surface area contributed by atoms with Crippen LogP contribution in [0.1, 0.15) is 0 Å². The van der Waals surface area contributed by atoms with E-state index in [1.807, 2.05) is 30.3 Å². The monoisotopic (exact) mass is 313 g/mol. The number of carbonyl (C=O) groups is 1. The van der Waals surface area contributed by atoms with Crippen LogP contribution in [0.2, 0.25) is 5.02 Å². The third-order valence-corrected chi connectivity index (χ3v) is 3.11. The van der Waals surface area contributed by atoms with Gasteiger partial charge in [-0.05, 0) is 23.4 Å². The number of tetrazole rings is 1. The van der Waals surface area contributed by atoms with Crippen molar-refractivity contribution in [3.8, 4) is 11.4 Å². The van der Waals surface area contributed by atoms with E-state index in [1.54, 1.807) is 24.3 Å². The van der Waals surface area contributed by atoms with Gasteiger partial charge in [0.05, 0.1) is 0 Å². The SMILES string of the molecule is O=C(Cn1nnc(-c2ccccc2)n1)Nc1cccc(Cl)c1. The molecule has 0 aliphatic heterocycles. The van der Waals surface area contributed by atoms with Gasteiger partial charge in [0, 0.05) is 16.3 Å². The zero-order valence-corrected chi connectivity index (χ0v) is 12.2. The highest BCUT2D eigenvalue weighted by Gasteiger charge is 2.09. The van der Waals surface area contributed by atoms with Crippen molar-refractivity contribution in [2.75, 3.05) is 5.32 Å². The second kappa shape index (κ2) is 6.36. The minimum atomic E-state index is -0.251. The van der Waals surface area contributed by atoms with Crippen molar-refractivity contribution in [2.24, 2.45) is 0 Å². The van der Waals surface area contributed by atoms with Crippen LogP contribution in [-0.4, -0.2) is 26.1 Å². The van der Waals surface area contributed by atoms with Gasteiger partial charge in [-0.1, -0.05) is 48.0 Å². The Hall–Kier alpha value is -2.73. The van der Waals surface area contributed by atoms with Crippen molar-refractivity contribution < 1.29 is 4.79 Å². The first-order valence-corrected chi connectivity index (χ1v) is 6.97. The number of hydrogen-bond acceptors (Lipinski definition) is 4. The number of aromatic nitrogens is 4. The van der Waals surface area contributed by atoms with Crippen LogP contribution in [0.3, 0.4) is 0 Å². The van der Waals surface area contributed by atoms with E-state index in [0.717, 1.165) is 5.56 Å². The molecule has 6 nitrogen and oxygen atoms in total. The standard InChI is InChI=1S/C15H12ClN5O/c16-12-7-4-8-13(9-12)17-14(22)10-21-19-15(18-20-21)11-5-2-1-3-6-11/h1-9H,10H2,(H,17,22). The molecule has 1 N–H and O–H groups in total. The fourth-order valence-electron chi connectivity index (χ4n) is 1.91. The highest BCUT2D eigenvalue weighted by atomic mass is 35.5. The van der Waals surface area contributed by atoms with Gasteiger partial charge in [0.2, 0.25) is 11.7 Å². The Kier molecular flexibility index (Phi) is 4.11. The van der Waals surface area contributed by atoms with Crippen LogP contribution >= 0.6 is 11.6 Å². The molecule has 0 unspecified atom stereocenters. The van der Waals surface area contributed by atoms with Gasteiger partial charge >= 0.3 is 0 Å². The van der Waals surface area contributed by atoms with E-state index in [4.69, 9.17) is 11.6 Å². The average molecular weight is 314 g/mol. The number of halogens is 1. The molecule has 7 heteroatoms. The van der Waals surface area contributed by atoms with Crippen molar-refractivity contribution in [3.05, 3.63) is 59.6 Å². The van der Waals surface area contributed by atoms with Gasteiger partial charge in [0.25, 0.3) is 0 Å². The van der Waals surface area contributed by atoms with Gasteiger partial charge in [-0.25, -0.2) is 0 Å². The Morgan fingerprint density at radius 1 is 1.14 bits per heavy atom. The van der Waals surface area contributed by atoms with Gasteiger partial charge in [-0.15, -0.1) is 10.2 Å². The molecule has 0 atom stereocenters. The van der Waals surface area contributed by atoms with Gasteiger partial charge in [0.1, 0.15) is 6.54 Å². The van der Waals surface area contributed by atoms with Crippen LogP contribution in [-0.2, 0) is 11.3 Å². The first kappa shape index (κ1) is 14.2. The highest BCUT2D eigenvalue weighted by molar-refractivity contribution is 6.30. The Bertz CT molecular complexity index is 787. The minimum absolute atomic E-state index is 0.0215. The number of nitrogens with zero attached hydrogens (tertiary/aromatic N) is 4. The number of amides is 1. The predicted molar refractivity (Wildman–Crippen MR) is 83.3 cm³/mol. The fraction of sp³-hybridized carbons (Fsp3) is 0.0667. The minimum Gasteiger partial charge on any atom is -0.324 e. The van der Waals surface area contributed by atoms with E-state index >= 15 is 0 Å². The molecular formula is C15H12ClN5O. The molecule has 0 saturated carbocycles. The van der Waals surface area contributed by atoms with Gasteiger partial charge < -0.3 is 5.32 Å². The highest BCUT2D eigenvalue weighted by Crippen LogP contribution is 2.15. The third kappa shape index (κ3) is 3.48. The molecule has 2 aromatic carbocycles. The molecule has 1 heterocycles. The van der Waals surface area contributed by atoms with Crippen LogP contribution < -0.4 is 5.32 Å². The number of benzene rings is 2. The number of hydrogen-bond donors (Lipinski definition) is 1. The first-order chi connectivity index (χ1) is 10.7. The van der Waals surface area contributed by atoms with Crippen LogP contribution in [0, 0.1) is 0 Å². The summed E-state index contributed by atoms with van der Waals surface area (Å²) in [5.74, 6) is 0.232. The summed E-state index contributed by atoms with van der Waals surface area (Å²) in [6.07, 6.45) is 0. The molecule has 0 radical (unpaired) electrons. The summed E-state index contributed by atoms with van der Waals surface area (Å²) >= 11 is 5.87. The zero-order valence-electron chi connectivity index (χ0n) is 11.5. The number of nitrogens with one attached hydrogen (secondary N) is 1. The van der Waals surface area contributed by atoms with Crippen molar-refractivity contribution in [2.45, 2.75) is 6.54 Å². The van der Waals surface area contributed by atoms with E-state index in [2.05, 4.69) is 20.7 Å². The summed E-state index contributed by atoms with van der Waals surface area (Å²) in [5.41, 5.74) is 1.48. The molecule has 0 fully saturated rings. The second-order valence-corrected chi connectivity index (χ2v) is 5.00. The van der Waals surface area contributed by atoms with Crippen LogP contribution in [0.25, 0.3) is 11.4 Å². The normalized spacial score (nSPS) is 10.4. The lowest BCUT2D eigenvalue weighted by atomic mass is 10.2. The molecule has 0 aliphatic rings. The summed E-state index contributed by atoms with van der Waals surface area (Å²) in [4.78, 5) is 13.2. The quantitative estimate of drug-likeness (QED) is 0.803. The van der Waals surface area contributed by atoms with Crippen LogP contribution in [0.5, 0.6) is 0 Å². The topological polar surface area (TPSA) is 72.7 Å². The summed E-state index contributed by atoms with van der Waals surface area (Å²) in [5, 5.41) is 15.3. The lowest BCUT2D eigenvalue weighted by Gasteiger charge is -2.04. The fourth-order valence-corrected chi connectivity index (χ4v) is 2.10. The lowest BCUT2D eigenvalue weighted by molar-refractivity contribution is -0.117. The maximum Gasteiger partial charge on any atom is 0.248 e.